The van der Waals surface area contributed by atoms with E-state index in [2.05, 4.69) is 18.8 Å². The molecule has 2 nitrogen and oxygen atoms in total. The fourth-order valence-corrected chi connectivity index (χ4v) is 2.40. The van der Waals surface area contributed by atoms with Gasteiger partial charge >= 0.3 is 0 Å². The van der Waals surface area contributed by atoms with Crippen molar-refractivity contribution in [1.29, 1.82) is 0 Å². The lowest BCUT2D eigenvalue weighted by molar-refractivity contribution is 0.436. The molecule has 0 atom stereocenters. The summed E-state index contributed by atoms with van der Waals surface area (Å²) in [6.07, 6.45) is 10.4. The van der Waals surface area contributed by atoms with Crippen LogP contribution in [-0.4, -0.2) is 12.4 Å². The Morgan fingerprint density at radius 2 is 1.88 bits per heavy atom. The maximum Gasteiger partial charge on any atom is 0.0968 e. The van der Waals surface area contributed by atoms with Gasteiger partial charge in [0.25, 0.3) is 0 Å². The van der Waals surface area contributed by atoms with Crippen molar-refractivity contribution in [3.8, 4) is 0 Å². The predicted molar refractivity (Wildman–Crippen MR) is 71.8 cm³/mol. The number of nitrogens with two attached hydrogens (primary N) is 1. The molecule has 2 N–H and O–H groups in total. The molecule has 1 saturated carbocycles. The molecule has 0 amide bonds. The largest absolute Gasteiger partial charge is 0.387 e. The topological polar surface area (TPSA) is 38.4 Å². The number of hydrogen-bond donors (Lipinski definition) is 1. The lowest BCUT2D eigenvalue weighted by Crippen LogP contribution is -2.26. The van der Waals surface area contributed by atoms with Crippen molar-refractivity contribution in [2.75, 3.05) is 6.54 Å². The molecule has 0 spiro atoms. The van der Waals surface area contributed by atoms with Crippen LogP contribution in [0.1, 0.15) is 65.2 Å². The third-order valence-electron chi connectivity index (χ3n) is 3.51. The maximum absolute atomic E-state index is 6.04. The molecule has 1 aliphatic carbocycles. The van der Waals surface area contributed by atoms with Gasteiger partial charge in [-0.2, -0.15) is 0 Å². The molecule has 1 aliphatic rings. The molecule has 0 radical (unpaired) electrons. The Labute approximate surface area is 101 Å². The summed E-state index contributed by atoms with van der Waals surface area (Å²) in [6, 6.07) is 0. The highest BCUT2D eigenvalue weighted by Gasteiger charge is 2.16. The van der Waals surface area contributed by atoms with Crippen molar-refractivity contribution < 1.29 is 0 Å². The van der Waals surface area contributed by atoms with Gasteiger partial charge in [0.1, 0.15) is 0 Å². The Kier molecular flexibility index (Phi) is 6.51. The smallest absolute Gasteiger partial charge is 0.0968 e. The standard InChI is InChI=1S/C14H28N2/c1-12(2)8-6-7-11-16-14(15)13-9-4-3-5-10-13/h12-13H,3-11H2,1-2H3,(H2,15,16). The molecule has 1 fully saturated rings. The molecular weight excluding hydrogens is 196 g/mol. The van der Waals surface area contributed by atoms with Crippen LogP contribution in [0.3, 0.4) is 0 Å². The summed E-state index contributed by atoms with van der Waals surface area (Å²) in [4.78, 5) is 4.54. The van der Waals surface area contributed by atoms with Crippen molar-refractivity contribution in [1.82, 2.24) is 0 Å². The van der Waals surface area contributed by atoms with E-state index in [-0.39, 0.29) is 0 Å². The SMILES string of the molecule is CC(C)CCCCN=C(N)C1CCCCC1. The molecule has 94 valence electrons. The second-order valence-electron chi connectivity index (χ2n) is 5.53. The Morgan fingerprint density at radius 3 is 2.50 bits per heavy atom. The van der Waals surface area contributed by atoms with Crippen LogP contribution in [0.25, 0.3) is 0 Å². The first-order chi connectivity index (χ1) is 7.70. The van der Waals surface area contributed by atoms with Crippen molar-refractivity contribution in [3.05, 3.63) is 0 Å². The van der Waals surface area contributed by atoms with E-state index < -0.39 is 0 Å². The summed E-state index contributed by atoms with van der Waals surface area (Å²) in [5.41, 5.74) is 6.04. The van der Waals surface area contributed by atoms with E-state index >= 15 is 0 Å². The Hall–Kier alpha value is -0.530. The van der Waals surface area contributed by atoms with E-state index in [9.17, 15) is 0 Å². The maximum atomic E-state index is 6.04. The number of aliphatic imine (C=N–C) groups is 1. The average molecular weight is 224 g/mol. The molecular formula is C14H28N2. The minimum Gasteiger partial charge on any atom is -0.387 e. The second-order valence-corrected chi connectivity index (χ2v) is 5.53. The molecule has 0 aromatic heterocycles. The first-order valence-electron chi connectivity index (χ1n) is 7.00. The zero-order valence-electron chi connectivity index (χ0n) is 11.0. The molecule has 0 unspecified atom stereocenters. The van der Waals surface area contributed by atoms with Crippen LogP contribution in [-0.2, 0) is 0 Å². The van der Waals surface area contributed by atoms with Crippen molar-refractivity contribution in [3.63, 3.8) is 0 Å². The third kappa shape index (κ3) is 5.53. The number of nitrogens with zero attached hydrogens (tertiary/aromatic N) is 1. The average Bonchev–Trinajstić information content (AvgIpc) is 2.29. The van der Waals surface area contributed by atoms with Crippen LogP contribution in [0, 0.1) is 11.8 Å². The first kappa shape index (κ1) is 13.5. The predicted octanol–water partition coefficient (Wildman–Crippen LogP) is 3.75. The normalized spacial score (nSPS) is 19.3. The molecule has 2 heteroatoms. The van der Waals surface area contributed by atoms with Crippen LogP contribution in [0.5, 0.6) is 0 Å². The molecule has 0 saturated heterocycles. The second kappa shape index (κ2) is 7.70. The number of amidine groups is 1. The summed E-state index contributed by atoms with van der Waals surface area (Å²) < 4.78 is 0. The van der Waals surface area contributed by atoms with Gasteiger partial charge in [-0.1, -0.05) is 46.0 Å². The summed E-state index contributed by atoms with van der Waals surface area (Å²) in [6.45, 7) is 5.49. The zero-order valence-corrected chi connectivity index (χ0v) is 11.0. The fraction of sp³-hybridized carbons (Fsp3) is 0.929. The zero-order chi connectivity index (χ0) is 11.8. The monoisotopic (exact) mass is 224 g/mol. The molecule has 16 heavy (non-hydrogen) atoms. The van der Waals surface area contributed by atoms with E-state index in [0.717, 1.165) is 18.3 Å². The minimum absolute atomic E-state index is 0.596. The lowest BCUT2D eigenvalue weighted by Gasteiger charge is -2.20. The van der Waals surface area contributed by atoms with Gasteiger partial charge < -0.3 is 5.73 Å². The molecule has 0 aromatic carbocycles. The molecule has 0 aliphatic heterocycles. The van der Waals surface area contributed by atoms with Crippen LogP contribution in [0.15, 0.2) is 4.99 Å². The highest BCUT2D eigenvalue weighted by molar-refractivity contribution is 5.82. The van der Waals surface area contributed by atoms with Gasteiger partial charge in [-0.05, 0) is 25.2 Å². The van der Waals surface area contributed by atoms with Gasteiger partial charge in [-0.3, -0.25) is 4.99 Å². The van der Waals surface area contributed by atoms with E-state index in [1.54, 1.807) is 0 Å². The number of rotatable bonds is 6. The quantitative estimate of drug-likeness (QED) is 0.416. The van der Waals surface area contributed by atoms with Crippen molar-refractivity contribution >= 4 is 5.84 Å². The molecule has 1 rings (SSSR count). The first-order valence-corrected chi connectivity index (χ1v) is 7.00. The minimum atomic E-state index is 0.596. The third-order valence-corrected chi connectivity index (χ3v) is 3.51. The number of hydrogen-bond acceptors (Lipinski definition) is 1. The fourth-order valence-electron chi connectivity index (χ4n) is 2.40. The van der Waals surface area contributed by atoms with E-state index in [1.807, 2.05) is 0 Å². The van der Waals surface area contributed by atoms with Crippen LogP contribution in [0.2, 0.25) is 0 Å². The van der Waals surface area contributed by atoms with Crippen molar-refractivity contribution in [2.45, 2.75) is 65.2 Å². The van der Waals surface area contributed by atoms with E-state index in [0.29, 0.717) is 5.92 Å². The van der Waals surface area contributed by atoms with Gasteiger partial charge in [0.05, 0.1) is 5.84 Å². The summed E-state index contributed by atoms with van der Waals surface area (Å²) >= 11 is 0. The van der Waals surface area contributed by atoms with E-state index in [1.165, 1.54) is 51.4 Å². The van der Waals surface area contributed by atoms with Crippen molar-refractivity contribution in [2.24, 2.45) is 22.6 Å². The lowest BCUT2D eigenvalue weighted by atomic mass is 9.88. The van der Waals surface area contributed by atoms with Gasteiger partial charge in [-0.25, -0.2) is 0 Å². The number of unbranched alkanes of at least 4 members (excludes halogenated alkanes) is 1. The summed E-state index contributed by atoms with van der Waals surface area (Å²) in [5.74, 6) is 2.35. The molecule has 0 aromatic rings. The highest BCUT2D eigenvalue weighted by Crippen LogP contribution is 2.23. The van der Waals surface area contributed by atoms with Crippen LogP contribution >= 0.6 is 0 Å². The van der Waals surface area contributed by atoms with Gasteiger partial charge in [-0.15, -0.1) is 0 Å². The Balaban J connectivity index is 2.12. The highest BCUT2D eigenvalue weighted by atomic mass is 14.9. The molecule has 0 heterocycles. The van der Waals surface area contributed by atoms with Crippen LogP contribution < -0.4 is 5.73 Å². The summed E-state index contributed by atoms with van der Waals surface area (Å²) in [5, 5.41) is 0. The summed E-state index contributed by atoms with van der Waals surface area (Å²) in [7, 11) is 0. The van der Waals surface area contributed by atoms with Crippen LogP contribution in [0.4, 0.5) is 0 Å². The van der Waals surface area contributed by atoms with E-state index in [4.69, 9.17) is 5.73 Å². The van der Waals surface area contributed by atoms with Gasteiger partial charge in [0.15, 0.2) is 0 Å². The van der Waals surface area contributed by atoms with Gasteiger partial charge in [0, 0.05) is 12.5 Å². The Morgan fingerprint density at radius 1 is 1.19 bits per heavy atom. The van der Waals surface area contributed by atoms with Gasteiger partial charge in [0.2, 0.25) is 0 Å². The Bertz CT molecular complexity index is 203. The molecule has 0 bridgehead atoms.